The number of carbonyl (C=O) groups excluding carboxylic acids is 1. The van der Waals surface area contributed by atoms with Gasteiger partial charge in [-0.05, 0) is 36.8 Å². The molecule has 1 saturated heterocycles. The Bertz CT molecular complexity index is 1080. The Morgan fingerprint density at radius 3 is 2.35 bits per heavy atom. The number of ether oxygens (including phenoxy) is 1. The fourth-order valence-corrected chi connectivity index (χ4v) is 4.13. The highest BCUT2D eigenvalue weighted by Crippen LogP contribution is 2.39. The predicted molar refractivity (Wildman–Crippen MR) is 115 cm³/mol. The second-order valence-corrected chi connectivity index (χ2v) is 7.56. The molecule has 0 radical (unpaired) electrons. The fourth-order valence-electron chi connectivity index (χ4n) is 4.13. The number of allylic oxidation sites excluding steroid dienone is 2. The van der Waals surface area contributed by atoms with Crippen LogP contribution >= 0.6 is 0 Å². The van der Waals surface area contributed by atoms with E-state index in [9.17, 15) is 14.4 Å². The lowest BCUT2D eigenvalue weighted by Gasteiger charge is -2.38. The average Bonchev–Trinajstić information content (AvgIpc) is 2.79. The number of rotatable bonds is 3. The number of nitrogens with zero attached hydrogens (tertiary/aromatic N) is 3. The molecule has 1 amide bonds. The first-order chi connectivity index (χ1) is 15.0. The van der Waals surface area contributed by atoms with Crippen LogP contribution in [-0.2, 0) is 9.53 Å². The van der Waals surface area contributed by atoms with Gasteiger partial charge >= 0.3 is 0 Å². The van der Waals surface area contributed by atoms with Crippen molar-refractivity contribution >= 4 is 11.6 Å². The number of piperazine rings is 1. The number of nitrogens with two attached hydrogens (primary N) is 1. The molecule has 2 N–H and O–H groups in total. The molecule has 7 heteroatoms. The van der Waals surface area contributed by atoms with E-state index in [1.54, 1.807) is 24.0 Å². The van der Waals surface area contributed by atoms with Gasteiger partial charge in [-0.2, -0.15) is 5.26 Å². The summed E-state index contributed by atoms with van der Waals surface area (Å²) in [4.78, 5) is 17.4. The van der Waals surface area contributed by atoms with Crippen molar-refractivity contribution in [1.82, 2.24) is 4.90 Å². The number of nitriles is 1. The van der Waals surface area contributed by atoms with Crippen LogP contribution in [0.4, 0.5) is 10.1 Å². The van der Waals surface area contributed by atoms with Crippen LogP contribution in [0.5, 0.6) is 0 Å². The van der Waals surface area contributed by atoms with Crippen molar-refractivity contribution in [3.63, 3.8) is 0 Å². The first-order valence-electron chi connectivity index (χ1n) is 10.1. The number of hydrogen-bond donors (Lipinski definition) is 1. The summed E-state index contributed by atoms with van der Waals surface area (Å²) in [6.07, 6.45) is 0. The van der Waals surface area contributed by atoms with Crippen LogP contribution in [0.1, 0.15) is 18.4 Å². The van der Waals surface area contributed by atoms with Crippen LogP contribution in [0.2, 0.25) is 0 Å². The smallest absolute Gasteiger partial charge is 0.254 e. The molecule has 2 aromatic carbocycles. The lowest BCUT2D eigenvalue weighted by Crippen LogP contribution is -2.50. The molecule has 2 aliphatic heterocycles. The lowest BCUT2D eigenvalue weighted by atomic mass is 9.82. The predicted octanol–water partition coefficient (Wildman–Crippen LogP) is 3.26. The van der Waals surface area contributed by atoms with E-state index < -0.39 is 5.92 Å². The van der Waals surface area contributed by atoms with E-state index in [1.807, 2.05) is 30.3 Å². The summed E-state index contributed by atoms with van der Waals surface area (Å²) >= 11 is 0. The molecule has 0 aliphatic carbocycles. The van der Waals surface area contributed by atoms with Crippen molar-refractivity contribution in [2.45, 2.75) is 12.8 Å². The van der Waals surface area contributed by atoms with E-state index in [1.165, 1.54) is 12.1 Å². The summed E-state index contributed by atoms with van der Waals surface area (Å²) < 4.78 is 18.8. The van der Waals surface area contributed by atoms with Gasteiger partial charge in [0.15, 0.2) is 0 Å². The maximum absolute atomic E-state index is 13.6. The van der Waals surface area contributed by atoms with Gasteiger partial charge < -0.3 is 20.3 Å². The maximum atomic E-state index is 13.6. The zero-order valence-corrected chi connectivity index (χ0v) is 17.2. The largest absolute Gasteiger partial charge is 0.445 e. The molecule has 0 bridgehead atoms. The van der Waals surface area contributed by atoms with Crippen LogP contribution in [0.15, 0.2) is 77.4 Å². The third kappa shape index (κ3) is 3.97. The zero-order chi connectivity index (χ0) is 22.0. The highest BCUT2D eigenvalue weighted by Gasteiger charge is 2.37. The molecule has 2 heterocycles. The third-order valence-corrected chi connectivity index (χ3v) is 5.73. The minimum atomic E-state index is -0.567. The van der Waals surface area contributed by atoms with Crippen LogP contribution < -0.4 is 10.6 Å². The Balaban J connectivity index is 1.57. The van der Waals surface area contributed by atoms with Crippen LogP contribution in [0.25, 0.3) is 0 Å². The molecule has 6 nitrogen and oxygen atoms in total. The Labute approximate surface area is 180 Å². The van der Waals surface area contributed by atoms with E-state index >= 15 is 0 Å². The normalized spacial score (nSPS) is 19.2. The molecule has 0 saturated carbocycles. The molecule has 2 aliphatic rings. The van der Waals surface area contributed by atoms with Crippen molar-refractivity contribution in [3.05, 3.63) is 88.8 Å². The Morgan fingerprint density at radius 1 is 1.10 bits per heavy atom. The summed E-state index contributed by atoms with van der Waals surface area (Å²) in [5.74, 6) is -0.555. The minimum absolute atomic E-state index is 0.0338. The Morgan fingerprint density at radius 2 is 1.74 bits per heavy atom. The van der Waals surface area contributed by atoms with Gasteiger partial charge in [-0.25, -0.2) is 4.39 Å². The zero-order valence-electron chi connectivity index (χ0n) is 17.2. The molecule has 31 heavy (non-hydrogen) atoms. The van der Waals surface area contributed by atoms with Gasteiger partial charge in [-0.15, -0.1) is 0 Å². The number of benzene rings is 2. The minimum Gasteiger partial charge on any atom is -0.445 e. The molecular formula is C24H23FN4O2. The highest BCUT2D eigenvalue weighted by molar-refractivity contribution is 5.97. The molecule has 1 fully saturated rings. The summed E-state index contributed by atoms with van der Waals surface area (Å²) in [6, 6.07) is 17.9. The van der Waals surface area contributed by atoms with Crippen molar-refractivity contribution in [3.8, 4) is 6.07 Å². The molecule has 1 unspecified atom stereocenters. The van der Waals surface area contributed by atoms with Crippen molar-refractivity contribution in [2.24, 2.45) is 5.73 Å². The van der Waals surface area contributed by atoms with E-state index in [2.05, 4.69) is 11.0 Å². The van der Waals surface area contributed by atoms with E-state index in [0.717, 1.165) is 11.3 Å². The van der Waals surface area contributed by atoms with Gasteiger partial charge in [-0.1, -0.05) is 30.3 Å². The standard InChI is InChI=1S/C24H23FN4O2/c1-16-21(22(17-5-3-2-4-6-17)20(15-26)23(27)31-16)24(30)29-13-11-28(12-14-29)19-9-7-18(25)8-10-19/h2-10,22H,11-14,27H2,1H3. The summed E-state index contributed by atoms with van der Waals surface area (Å²) in [5, 5.41) is 9.72. The van der Waals surface area contributed by atoms with Gasteiger partial charge in [0.05, 0.1) is 11.5 Å². The fraction of sp³-hybridized carbons (Fsp3) is 0.250. The van der Waals surface area contributed by atoms with Gasteiger partial charge in [0.1, 0.15) is 23.2 Å². The van der Waals surface area contributed by atoms with Gasteiger partial charge in [0.25, 0.3) is 5.91 Å². The third-order valence-electron chi connectivity index (χ3n) is 5.73. The van der Waals surface area contributed by atoms with Gasteiger partial charge in [-0.3, -0.25) is 4.79 Å². The molecule has 0 aromatic heterocycles. The number of halogens is 1. The molecule has 1 atom stereocenters. The molecule has 0 spiro atoms. The molecular weight excluding hydrogens is 395 g/mol. The lowest BCUT2D eigenvalue weighted by molar-refractivity contribution is -0.128. The van der Waals surface area contributed by atoms with Crippen LogP contribution in [-0.4, -0.2) is 37.0 Å². The molecule has 158 valence electrons. The SMILES string of the molecule is CC1=C(C(=O)N2CCN(c3ccc(F)cc3)CC2)C(c2ccccc2)C(C#N)=C(N)O1. The highest BCUT2D eigenvalue weighted by atomic mass is 19.1. The van der Waals surface area contributed by atoms with Crippen molar-refractivity contribution < 1.29 is 13.9 Å². The number of hydrogen-bond acceptors (Lipinski definition) is 5. The molecule has 4 rings (SSSR count). The monoisotopic (exact) mass is 418 g/mol. The van der Waals surface area contributed by atoms with Crippen molar-refractivity contribution in [1.29, 1.82) is 5.26 Å². The average molecular weight is 418 g/mol. The second kappa shape index (κ2) is 8.52. The van der Waals surface area contributed by atoms with Crippen molar-refractivity contribution in [2.75, 3.05) is 31.1 Å². The first kappa shape index (κ1) is 20.5. The summed E-state index contributed by atoms with van der Waals surface area (Å²) in [7, 11) is 0. The van der Waals surface area contributed by atoms with E-state index in [4.69, 9.17) is 10.5 Å². The first-order valence-corrected chi connectivity index (χ1v) is 10.1. The second-order valence-electron chi connectivity index (χ2n) is 7.56. The molecule has 2 aromatic rings. The Hall–Kier alpha value is -3.79. The summed E-state index contributed by atoms with van der Waals surface area (Å²) in [6.45, 7) is 3.98. The quantitative estimate of drug-likeness (QED) is 0.827. The van der Waals surface area contributed by atoms with E-state index in [-0.39, 0.29) is 23.2 Å². The Kier molecular flexibility index (Phi) is 5.63. The number of anilines is 1. The summed E-state index contributed by atoms with van der Waals surface area (Å²) in [5.41, 5.74) is 8.41. The van der Waals surface area contributed by atoms with Crippen LogP contribution in [0.3, 0.4) is 0 Å². The van der Waals surface area contributed by atoms with Gasteiger partial charge in [0, 0.05) is 31.9 Å². The topological polar surface area (TPSA) is 82.6 Å². The van der Waals surface area contributed by atoms with Crippen LogP contribution in [0, 0.1) is 17.1 Å². The van der Waals surface area contributed by atoms with E-state index in [0.29, 0.717) is 37.5 Å². The number of amides is 1. The maximum Gasteiger partial charge on any atom is 0.254 e. The number of carbonyl (C=O) groups is 1. The van der Waals surface area contributed by atoms with Gasteiger partial charge in [0.2, 0.25) is 5.88 Å².